The summed E-state index contributed by atoms with van der Waals surface area (Å²) in [4.78, 5) is 0. The summed E-state index contributed by atoms with van der Waals surface area (Å²) in [5.41, 5.74) is 1.90. The van der Waals surface area contributed by atoms with Gasteiger partial charge in [0.25, 0.3) is 0 Å². The molecule has 4 heteroatoms. The van der Waals surface area contributed by atoms with Crippen LogP contribution < -0.4 is 14.2 Å². The molecule has 0 radical (unpaired) electrons. The molecule has 0 aromatic heterocycles. The molecule has 1 aliphatic rings. The maximum Gasteiger partial charge on any atom is 0.130 e. The van der Waals surface area contributed by atoms with Gasteiger partial charge in [-0.15, -0.1) is 0 Å². The predicted octanol–water partition coefficient (Wildman–Crippen LogP) is 2.59. The maximum absolute atomic E-state index is 10.4. The van der Waals surface area contributed by atoms with Gasteiger partial charge in [0.2, 0.25) is 0 Å². The van der Waals surface area contributed by atoms with Gasteiger partial charge in [-0.1, -0.05) is 30.3 Å². The van der Waals surface area contributed by atoms with E-state index in [1.54, 1.807) is 14.2 Å². The van der Waals surface area contributed by atoms with Gasteiger partial charge < -0.3 is 19.3 Å². The molecule has 3 rings (SSSR count). The molecule has 1 aliphatic heterocycles. The predicted molar refractivity (Wildman–Crippen MR) is 79.3 cm³/mol. The molecule has 0 spiro atoms. The molecule has 0 saturated heterocycles. The van der Waals surface area contributed by atoms with Crippen molar-refractivity contribution in [3.8, 4) is 17.2 Å². The zero-order chi connectivity index (χ0) is 14.8. The van der Waals surface area contributed by atoms with Crippen LogP contribution in [0.4, 0.5) is 0 Å². The molecule has 0 fully saturated rings. The molecule has 0 saturated carbocycles. The van der Waals surface area contributed by atoms with E-state index in [4.69, 9.17) is 14.2 Å². The highest BCUT2D eigenvalue weighted by molar-refractivity contribution is 5.56. The molecule has 0 aliphatic carbocycles. The first kappa shape index (κ1) is 13.8. The first-order valence-electron chi connectivity index (χ1n) is 6.86. The number of hydrogen-bond donors (Lipinski definition) is 1. The van der Waals surface area contributed by atoms with E-state index >= 15 is 0 Å². The Kier molecular flexibility index (Phi) is 3.71. The molecule has 21 heavy (non-hydrogen) atoms. The number of methoxy groups -OCH3 is 2. The van der Waals surface area contributed by atoms with Crippen molar-refractivity contribution in [1.82, 2.24) is 0 Å². The molecule has 2 aromatic rings. The van der Waals surface area contributed by atoms with E-state index in [9.17, 15) is 5.11 Å². The molecule has 2 atom stereocenters. The molecule has 0 bridgehead atoms. The van der Waals surface area contributed by atoms with Gasteiger partial charge in [-0.3, -0.25) is 0 Å². The number of aliphatic hydroxyl groups excluding tert-OH is 1. The van der Waals surface area contributed by atoms with Crippen LogP contribution in [-0.2, 0) is 0 Å². The fourth-order valence-electron chi connectivity index (χ4n) is 2.80. The lowest BCUT2D eigenvalue weighted by Gasteiger charge is -2.32. The number of rotatable bonds is 3. The average Bonchev–Trinajstić information content (AvgIpc) is 2.54. The van der Waals surface area contributed by atoms with Crippen LogP contribution in [0, 0.1) is 0 Å². The number of benzene rings is 2. The monoisotopic (exact) mass is 286 g/mol. The van der Waals surface area contributed by atoms with E-state index in [0.29, 0.717) is 17.2 Å². The quantitative estimate of drug-likeness (QED) is 0.942. The summed E-state index contributed by atoms with van der Waals surface area (Å²) in [6.07, 6.45) is -0.609. The highest BCUT2D eigenvalue weighted by atomic mass is 16.5. The topological polar surface area (TPSA) is 47.9 Å². The lowest BCUT2D eigenvalue weighted by atomic mass is 9.84. The smallest absolute Gasteiger partial charge is 0.130 e. The molecule has 1 N–H and O–H groups in total. The van der Waals surface area contributed by atoms with Crippen LogP contribution in [0.1, 0.15) is 17.0 Å². The second-order valence-electron chi connectivity index (χ2n) is 5.01. The molecule has 110 valence electrons. The molecule has 1 heterocycles. The van der Waals surface area contributed by atoms with Crippen LogP contribution in [0.25, 0.3) is 0 Å². The Hall–Kier alpha value is -2.20. The molecular formula is C17H18O4. The summed E-state index contributed by atoms with van der Waals surface area (Å²) in [5, 5.41) is 10.4. The Labute approximate surface area is 123 Å². The van der Waals surface area contributed by atoms with Gasteiger partial charge in [0.15, 0.2) is 0 Å². The van der Waals surface area contributed by atoms with E-state index in [1.165, 1.54) is 0 Å². The second-order valence-corrected chi connectivity index (χ2v) is 5.01. The Morgan fingerprint density at radius 3 is 2.52 bits per heavy atom. The van der Waals surface area contributed by atoms with E-state index in [0.717, 1.165) is 11.1 Å². The van der Waals surface area contributed by atoms with Crippen LogP contribution in [0.5, 0.6) is 17.2 Å². The minimum absolute atomic E-state index is 0.171. The Morgan fingerprint density at radius 1 is 1.10 bits per heavy atom. The average molecular weight is 286 g/mol. The van der Waals surface area contributed by atoms with Gasteiger partial charge in [-0.05, 0) is 5.56 Å². The second kappa shape index (κ2) is 5.66. The molecule has 4 nitrogen and oxygen atoms in total. The van der Waals surface area contributed by atoms with E-state index in [1.807, 2.05) is 42.5 Å². The number of aliphatic hydroxyl groups is 1. The van der Waals surface area contributed by atoms with Crippen molar-refractivity contribution < 1.29 is 19.3 Å². The number of hydrogen-bond acceptors (Lipinski definition) is 4. The number of fused-ring (bicyclic) bond motifs is 1. The van der Waals surface area contributed by atoms with Crippen molar-refractivity contribution in [2.24, 2.45) is 0 Å². The molecule has 0 unspecified atom stereocenters. The van der Waals surface area contributed by atoms with Crippen LogP contribution in [0.3, 0.4) is 0 Å². The van der Waals surface area contributed by atoms with Crippen LogP contribution in [0.2, 0.25) is 0 Å². The largest absolute Gasteiger partial charge is 0.496 e. The third kappa shape index (κ3) is 2.43. The minimum Gasteiger partial charge on any atom is -0.496 e. The van der Waals surface area contributed by atoms with Crippen LogP contribution in [-0.4, -0.2) is 32.0 Å². The van der Waals surface area contributed by atoms with E-state index < -0.39 is 6.10 Å². The van der Waals surface area contributed by atoms with Crippen molar-refractivity contribution in [3.05, 3.63) is 53.6 Å². The van der Waals surface area contributed by atoms with Gasteiger partial charge in [-0.2, -0.15) is 0 Å². The Morgan fingerprint density at radius 2 is 1.86 bits per heavy atom. The maximum atomic E-state index is 10.4. The summed E-state index contributed by atoms with van der Waals surface area (Å²) in [6, 6.07) is 13.6. The van der Waals surface area contributed by atoms with Crippen molar-refractivity contribution in [1.29, 1.82) is 0 Å². The van der Waals surface area contributed by atoms with Crippen LogP contribution >= 0.6 is 0 Å². The molecule has 0 amide bonds. The van der Waals surface area contributed by atoms with Crippen molar-refractivity contribution >= 4 is 0 Å². The van der Waals surface area contributed by atoms with Crippen molar-refractivity contribution in [2.45, 2.75) is 12.0 Å². The molecular weight excluding hydrogens is 268 g/mol. The van der Waals surface area contributed by atoms with Crippen molar-refractivity contribution in [3.63, 3.8) is 0 Å². The zero-order valence-electron chi connectivity index (χ0n) is 12.1. The summed E-state index contributed by atoms with van der Waals surface area (Å²) in [6.45, 7) is 0.253. The fourth-order valence-corrected chi connectivity index (χ4v) is 2.80. The van der Waals surface area contributed by atoms with Gasteiger partial charge in [0, 0.05) is 23.6 Å². The van der Waals surface area contributed by atoms with Gasteiger partial charge >= 0.3 is 0 Å². The Bertz CT molecular complexity index is 607. The van der Waals surface area contributed by atoms with Crippen molar-refractivity contribution in [2.75, 3.05) is 20.8 Å². The fraction of sp³-hybridized carbons (Fsp3) is 0.294. The third-order valence-electron chi connectivity index (χ3n) is 3.80. The van der Waals surface area contributed by atoms with Gasteiger partial charge in [0.05, 0.1) is 20.3 Å². The summed E-state index contributed by atoms with van der Waals surface area (Å²) < 4.78 is 16.4. The van der Waals surface area contributed by atoms with E-state index in [-0.39, 0.29) is 12.5 Å². The minimum atomic E-state index is -0.609. The van der Waals surface area contributed by atoms with Crippen LogP contribution in [0.15, 0.2) is 42.5 Å². The first-order valence-corrected chi connectivity index (χ1v) is 6.86. The highest BCUT2D eigenvalue weighted by Crippen LogP contribution is 2.45. The lowest BCUT2D eigenvalue weighted by molar-refractivity contribution is 0.0755. The standard InChI is InChI=1S/C17H18O4/c1-19-12-8-14(20-2)17-15(9-12)21-10-13(18)16(17)11-6-4-3-5-7-11/h3-9,13,16,18H,10H2,1-2H3/t13-,16+/m0/s1. The lowest BCUT2D eigenvalue weighted by Crippen LogP contribution is -2.31. The summed E-state index contributed by atoms with van der Waals surface area (Å²) in [7, 11) is 3.21. The van der Waals surface area contributed by atoms with Gasteiger partial charge in [0.1, 0.15) is 23.9 Å². The highest BCUT2D eigenvalue weighted by Gasteiger charge is 2.34. The Balaban J connectivity index is 2.17. The SMILES string of the molecule is COc1cc(OC)c2c(c1)OC[C@H](O)[C@H]2c1ccccc1. The zero-order valence-corrected chi connectivity index (χ0v) is 12.1. The molecule has 2 aromatic carbocycles. The summed E-state index contributed by atoms with van der Waals surface area (Å²) >= 11 is 0. The van der Waals surface area contributed by atoms with Gasteiger partial charge in [-0.25, -0.2) is 0 Å². The summed E-state index contributed by atoms with van der Waals surface area (Å²) in [5.74, 6) is 1.87. The van der Waals surface area contributed by atoms with E-state index in [2.05, 4.69) is 0 Å². The third-order valence-corrected chi connectivity index (χ3v) is 3.80. The number of ether oxygens (including phenoxy) is 3. The normalized spacial score (nSPS) is 20.3. The first-order chi connectivity index (χ1) is 10.2.